The van der Waals surface area contributed by atoms with Gasteiger partial charge in [-0.15, -0.1) is 0 Å². The average molecular weight is 421 g/mol. The van der Waals surface area contributed by atoms with Crippen molar-refractivity contribution in [3.8, 4) is 0 Å². The number of nitrogens with zero attached hydrogens (tertiary/aromatic N) is 2. The quantitative estimate of drug-likeness (QED) is 0.742. The van der Waals surface area contributed by atoms with Crippen LogP contribution in [0.4, 0.5) is 5.69 Å². The summed E-state index contributed by atoms with van der Waals surface area (Å²) in [6, 6.07) is 3.99. The molecule has 2 aliphatic rings. The number of rotatable bonds is 6. The Kier molecular flexibility index (Phi) is 7.55. The van der Waals surface area contributed by atoms with Gasteiger partial charge >= 0.3 is 0 Å². The summed E-state index contributed by atoms with van der Waals surface area (Å²) in [5.41, 5.74) is 2.91. The molecule has 2 fully saturated rings. The molecule has 1 aliphatic carbocycles. The summed E-state index contributed by atoms with van der Waals surface area (Å²) in [5, 5.41) is 6.41. The number of halogens is 1. The van der Waals surface area contributed by atoms with Gasteiger partial charge in [-0.1, -0.05) is 24.4 Å². The van der Waals surface area contributed by atoms with Crippen molar-refractivity contribution in [3.05, 3.63) is 28.3 Å². The number of likely N-dealkylation sites (N-methyl/N-ethyl adjacent to an activating group) is 1. The molecule has 29 heavy (non-hydrogen) atoms. The van der Waals surface area contributed by atoms with Crippen molar-refractivity contribution in [2.75, 3.05) is 38.5 Å². The lowest BCUT2D eigenvalue weighted by molar-refractivity contribution is -0.140. The topological polar surface area (TPSA) is 64.7 Å². The Morgan fingerprint density at radius 3 is 2.59 bits per heavy atom. The lowest BCUT2D eigenvalue weighted by Crippen LogP contribution is -2.54. The largest absolute Gasteiger partial charge is 0.337 e. The zero-order chi connectivity index (χ0) is 21.0. The maximum atomic E-state index is 12.8. The Labute approximate surface area is 179 Å². The van der Waals surface area contributed by atoms with E-state index in [2.05, 4.69) is 27.4 Å². The number of amides is 2. The number of nitrogens with one attached hydrogen (secondary N) is 2. The maximum absolute atomic E-state index is 12.8. The van der Waals surface area contributed by atoms with Crippen molar-refractivity contribution in [2.45, 2.75) is 52.1 Å². The Morgan fingerprint density at radius 2 is 1.93 bits per heavy atom. The van der Waals surface area contributed by atoms with E-state index in [9.17, 15) is 9.59 Å². The molecule has 1 atom stereocenters. The van der Waals surface area contributed by atoms with Crippen molar-refractivity contribution < 1.29 is 9.59 Å². The molecule has 3 rings (SSSR count). The lowest BCUT2D eigenvalue weighted by Gasteiger charge is -2.41. The maximum Gasteiger partial charge on any atom is 0.238 e. The van der Waals surface area contributed by atoms with Crippen molar-refractivity contribution >= 4 is 29.1 Å². The number of hydrogen-bond donors (Lipinski definition) is 2. The number of piperazine rings is 1. The molecular formula is C22H33ClN4O2. The molecular weight excluding hydrogens is 388 g/mol. The fourth-order valence-electron chi connectivity index (χ4n) is 4.54. The minimum Gasteiger partial charge on any atom is -0.337 e. The number of anilines is 1. The van der Waals surface area contributed by atoms with Crippen LogP contribution in [0.15, 0.2) is 12.1 Å². The van der Waals surface area contributed by atoms with Gasteiger partial charge in [0.2, 0.25) is 11.8 Å². The SMILES string of the molecule is CNCC(=O)Nc1cc(Cl)cc(CN2CCN(C(=O)C3CCCC3)C(C)C2)c1C. The molecule has 1 saturated heterocycles. The van der Waals surface area contributed by atoms with Gasteiger partial charge < -0.3 is 15.5 Å². The van der Waals surface area contributed by atoms with Gasteiger partial charge in [0.15, 0.2) is 0 Å². The third-order valence-electron chi connectivity index (χ3n) is 6.18. The summed E-state index contributed by atoms with van der Waals surface area (Å²) in [7, 11) is 1.74. The van der Waals surface area contributed by atoms with E-state index < -0.39 is 0 Å². The average Bonchev–Trinajstić information content (AvgIpc) is 3.20. The summed E-state index contributed by atoms with van der Waals surface area (Å²) >= 11 is 6.33. The van der Waals surface area contributed by atoms with E-state index in [4.69, 9.17) is 11.6 Å². The minimum atomic E-state index is -0.0866. The third kappa shape index (κ3) is 5.50. The van der Waals surface area contributed by atoms with E-state index in [0.29, 0.717) is 10.9 Å². The monoisotopic (exact) mass is 420 g/mol. The standard InChI is InChI=1S/C22H33ClN4O2/c1-15-13-26(8-9-27(15)22(29)17-6-4-5-7-17)14-18-10-19(23)11-20(16(18)2)25-21(28)12-24-3/h10-11,15,17,24H,4-9,12-14H2,1-3H3,(H,25,28). The first-order valence-corrected chi connectivity index (χ1v) is 11.0. The zero-order valence-corrected chi connectivity index (χ0v) is 18.5. The normalized spacial score (nSPS) is 20.8. The van der Waals surface area contributed by atoms with Crippen molar-refractivity contribution in [1.29, 1.82) is 0 Å². The van der Waals surface area contributed by atoms with E-state index in [-0.39, 0.29) is 24.4 Å². The van der Waals surface area contributed by atoms with Gasteiger partial charge in [-0.25, -0.2) is 0 Å². The Hall–Kier alpha value is -1.63. The van der Waals surface area contributed by atoms with Crippen LogP contribution in [0.3, 0.4) is 0 Å². The van der Waals surface area contributed by atoms with Gasteiger partial charge in [0.25, 0.3) is 0 Å². The minimum absolute atomic E-state index is 0.0866. The van der Waals surface area contributed by atoms with Crippen molar-refractivity contribution in [2.24, 2.45) is 5.92 Å². The van der Waals surface area contributed by atoms with Crippen LogP contribution in [0.5, 0.6) is 0 Å². The number of benzene rings is 1. The van der Waals surface area contributed by atoms with Crippen LogP contribution < -0.4 is 10.6 Å². The highest BCUT2D eigenvalue weighted by Crippen LogP contribution is 2.29. The summed E-state index contributed by atoms with van der Waals surface area (Å²) in [6.07, 6.45) is 4.48. The Morgan fingerprint density at radius 1 is 1.21 bits per heavy atom. The summed E-state index contributed by atoms with van der Waals surface area (Å²) < 4.78 is 0. The van der Waals surface area contributed by atoms with E-state index in [1.54, 1.807) is 13.1 Å². The lowest BCUT2D eigenvalue weighted by atomic mass is 10.0. The third-order valence-corrected chi connectivity index (χ3v) is 6.40. The smallest absolute Gasteiger partial charge is 0.238 e. The van der Waals surface area contributed by atoms with Gasteiger partial charge in [-0.3, -0.25) is 14.5 Å². The number of carbonyl (C=O) groups is 2. The van der Waals surface area contributed by atoms with Crippen molar-refractivity contribution in [1.82, 2.24) is 15.1 Å². The molecule has 2 N–H and O–H groups in total. The molecule has 160 valence electrons. The first kappa shape index (κ1) is 22.1. The number of carbonyl (C=O) groups excluding carboxylic acids is 2. The summed E-state index contributed by atoms with van der Waals surface area (Å²) in [6.45, 7) is 7.67. The van der Waals surface area contributed by atoms with Crippen LogP contribution in [-0.4, -0.2) is 60.9 Å². The van der Waals surface area contributed by atoms with Crippen molar-refractivity contribution in [3.63, 3.8) is 0 Å². The molecule has 7 heteroatoms. The Bertz CT molecular complexity index is 749. The van der Waals surface area contributed by atoms with E-state index in [1.807, 2.05) is 13.0 Å². The molecule has 1 aromatic carbocycles. The van der Waals surface area contributed by atoms with Gasteiger partial charge in [0.05, 0.1) is 6.54 Å². The molecule has 1 heterocycles. The summed E-state index contributed by atoms with van der Waals surface area (Å²) in [4.78, 5) is 29.2. The molecule has 0 spiro atoms. The van der Waals surface area contributed by atoms with E-state index >= 15 is 0 Å². The Balaban J connectivity index is 1.64. The fraction of sp³-hybridized carbons (Fsp3) is 0.636. The summed E-state index contributed by atoms with van der Waals surface area (Å²) in [5.74, 6) is 0.502. The van der Waals surface area contributed by atoms with Gasteiger partial charge in [0.1, 0.15) is 0 Å². The molecule has 0 radical (unpaired) electrons. The fourth-order valence-corrected chi connectivity index (χ4v) is 4.78. The van der Waals surface area contributed by atoms with Gasteiger partial charge in [0, 0.05) is 48.8 Å². The van der Waals surface area contributed by atoms with Gasteiger partial charge in [-0.2, -0.15) is 0 Å². The molecule has 6 nitrogen and oxygen atoms in total. The molecule has 2 amide bonds. The highest BCUT2D eigenvalue weighted by atomic mass is 35.5. The molecule has 1 aromatic rings. The predicted octanol–water partition coefficient (Wildman–Crippen LogP) is 3.03. The van der Waals surface area contributed by atoms with Crippen LogP contribution in [0.1, 0.15) is 43.7 Å². The highest BCUT2D eigenvalue weighted by molar-refractivity contribution is 6.31. The number of hydrogen-bond acceptors (Lipinski definition) is 4. The van der Waals surface area contributed by atoms with Crippen LogP contribution in [0, 0.1) is 12.8 Å². The van der Waals surface area contributed by atoms with E-state index in [1.165, 1.54) is 12.8 Å². The first-order valence-electron chi connectivity index (χ1n) is 10.7. The zero-order valence-electron chi connectivity index (χ0n) is 17.8. The predicted molar refractivity (Wildman–Crippen MR) is 117 cm³/mol. The second-order valence-corrected chi connectivity index (χ2v) is 8.85. The van der Waals surface area contributed by atoms with Crippen LogP contribution in [0.2, 0.25) is 5.02 Å². The van der Waals surface area contributed by atoms with E-state index in [0.717, 1.165) is 55.8 Å². The molecule has 0 aromatic heterocycles. The second kappa shape index (κ2) is 9.92. The molecule has 1 saturated carbocycles. The van der Waals surface area contributed by atoms with Crippen LogP contribution >= 0.6 is 11.6 Å². The molecule has 0 bridgehead atoms. The molecule has 1 aliphatic heterocycles. The first-order chi connectivity index (χ1) is 13.9. The van der Waals surface area contributed by atoms with Crippen LogP contribution in [0.25, 0.3) is 0 Å². The molecule has 1 unspecified atom stereocenters. The second-order valence-electron chi connectivity index (χ2n) is 8.41. The van der Waals surface area contributed by atoms with Gasteiger partial charge in [-0.05, 0) is 57.0 Å². The highest BCUT2D eigenvalue weighted by Gasteiger charge is 2.33. The van der Waals surface area contributed by atoms with Crippen LogP contribution in [-0.2, 0) is 16.1 Å².